The Morgan fingerprint density at radius 2 is 2.25 bits per heavy atom. The van der Waals surface area contributed by atoms with E-state index in [2.05, 4.69) is 4.74 Å². The molecule has 0 aliphatic rings. The summed E-state index contributed by atoms with van der Waals surface area (Å²) in [6.45, 7) is 1.01. The number of hydrogen-bond acceptors (Lipinski definition) is 7. The van der Waals surface area contributed by atoms with Gasteiger partial charge in [-0.1, -0.05) is 0 Å². The average Bonchev–Trinajstić information content (AvgIpc) is 2.44. The summed E-state index contributed by atoms with van der Waals surface area (Å²) in [7, 11) is 1.29. The summed E-state index contributed by atoms with van der Waals surface area (Å²) in [6.07, 6.45) is -0.863. The molecule has 1 atom stereocenters. The van der Waals surface area contributed by atoms with Crippen LogP contribution in [0.1, 0.15) is 6.92 Å². The van der Waals surface area contributed by atoms with Gasteiger partial charge < -0.3 is 14.2 Å². The maximum Gasteiger partial charge on any atom is 0.345 e. The zero-order chi connectivity index (χ0) is 15.1. The number of rotatable bonds is 6. The Bertz CT molecular complexity index is 551. The van der Waals surface area contributed by atoms with Gasteiger partial charge in [-0.2, -0.15) is 5.26 Å². The van der Waals surface area contributed by atoms with Crippen molar-refractivity contribution in [2.45, 2.75) is 13.0 Å². The van der Waals surface area contributed by atoms with E-state index >= 15 is 0 Å². The molecule has 1 unspecified atom stereocenters. The van der Waals surface area contributed by atoms with Crippen molar-refractivity contribution < 1.29 is 23.9 Å². The molecular weight excluding hydrogens is 268 g/mol. The molecule has 0 spiro atoms. The first-order valence-corrected chi connectivity index (χ1v) is 5.52. The van der Waals surface area contributed by atoms with Gasteiger partial charge >= 0.3 is 11.7 Å². The van der Waals surface area contributed by atoms with Crippen molar-refractivity contribution in [1.82, 2.24) is 0 Å². The molecule has 1 aromatic rings. The summed E-state index contributed by atoms with van der Waals surface area (Å²) in [5.74, 6) is -0.475. The molecule has 8 heteroatoms. The lowest BCUT2D eigenvalue weighted by atomic mass is 10.3. The molecule has 106 valence electrons. The van der Waals surface area contributed by atoms with Gasteiger partial charge in [0, 0.05) is 12.1 Å². The highest BCUT2D eigenvalue weighted by molar-refractivity contribution is 5.71. The van der Waals surface area contributed by atoms with Crippen LogP contribution in [0, 0.1) is 21.4 Å². The zero-order valence-corrected chi connectivity index (χ0v) is 10.9. The van der Waals surface area contributed by atoms with Crippen LogP contribution in [0.4, 0.5) is 5.69 Å². The fourth-order valence-electron chi connectivity index (χ4n) is 1.30. The van der Waals surface area contributed by atoms with E-state index in [1.54, 1.807) is 6.07 Å². The molecule has 0 aromatic heterocycles. The first-order chi connectivity index (χ1) is 9.47. The van der Waals surface area contributed by atoms with Crippen molar-refractivity contribution in [2.24, 2.45) is 0 Å². The first kappa shape index (κ1) is 15.2. The summed E-state index contributed by atoms with van der Waals surface area (Å²) in [6, 6.07) is 5.57. The van der Waals surface area contributed by atoms with Crippen molar-refractivity contribution in [3.8, 4) is 17.6 Å². The van der Waals surface area contributed by atoms with Crippen molar-refractivity contribution in [2.75, 3.05) is 13.7 Å². The number of methoxy groups -OCH3 is 1. The van der Waals surface area contributed by atoms with Gasteiger partial charge in [-0.25, -0.2) is 4.79 Å². The predicted molar refractivity (Wildman–Crippen MR) is 66.3 cm³/mol. The normalized spacial score (nSPS) is 11.1. The molecule has 0 saturated carbocycles. The third-order valence-electron chi connectivity index (χ3n) is 2.19. The van der Waals surface area contributed by atoms with Crippen molar-refractivity contribution >= 4 is 11.7 Å². The van der Waals surface area contributed by atoms with Crippen LogP contribution in [0.25, 0.3) is 0 Å². The van der Waals surface area contributed by atoms with Crippen molar-refractivity contribution in [3.05, 3.63) is 28.3 Å². The summed E-state index contributed by atoms with van der Waals surface area (Å²) < 4.78 is 14.6. The highest BCUT2D eigenvalue weighted by atomic mass is 16.6. The Labute approximate surface area is 114 Å². The molecule has 1 aromatic carbocycles. The molecule has 0 N–H and O–H groups in total. The smallest absolute Gasteiger partial charge is 0.345 e. The zero-order valence-electron chi connectivity index (χ0n) is 10.9. The number of nitriles is 1. The van der Waals surface area contributed by atoms with E-state index in [0.717, 1.165) is 0 Å². The summed E-state index contributed by atoms with van der Waals surface area (Å²) in [4.78, 5) is 21.4. The Morgan fingerprint density at radius 3 is 2.80 bits per heavy atom. The van der Waals surface area contributed by atoms with E-state index in [0.29, 0.717) is 0 Å². The van der Waals surface area contributed by atoms with Crippen molar-refractivity contribution in [3.63, 3.8) is 0 Å². The molecule has 0 saturated heterocycles. The lowest BCUT2D eigenvalue weighted by Crippen LogP contribution is -2.19. The van der Waals surface area contributed by atoms with Crippen LogP contribution in [0.3, 0.4) is 0 Å². The minimum atomic E-state index is -0.863. The molecule has 0 fully saturated rings. The van der Waals surface area contributed by atoms with E-state index in [9.17, 15) is 14.9 Å². The average molecular weight is 280 g/mol. The second-order valence-corrected chi connectivity index (χ2v) is 3.64. The molecule has 0 amide bonds. The Hall–Kier alpha value is -2.82. The quantitative estimate of drug-likeness (QED) is 0.440. The number of carbonyl (C=O) groups excluding carboxylic acids is 1. The number of nitro benzene ring substituents is 1. The Morgan fingerprint density at radius 1 is 1.55 bits per heavy atom. The number of ether oxygens (including phenoxy) is 3. The van der Waals surface area contributed by atoms with Gasteiger partial charge in [0.15, 0.2) is 12.7 Å². The van der Waals surface area contributed by atoms with Crippen molar-refractivity contribution in [1.29, 1.82) is 5.26 Å². The lowest BCUT2D eigenvalue weighted by Gasteiger charge is -2.09. The fourth-order valence-corrected chi connectivity index (χ4v) is 1.30. The van der Waals surface area contributed by atoms with Gasteiger partial charge in [0.2, 0.25) is 5.75 Å². The number of carbonyl (C=O) groups is 1. The van der Waals surface area contributed by atoms with Gasteiger partial charge in [-0.15, -0.1) is 0 Å². The van der Waals surface area contributed by atoms with E-state index in [1.165, 1.54) is 32.2 Å². The van der Waals surface area contributed by atoms with Crippen LogP contribution in [-0.2, 0) is 9.53 Å². The number of nitrogens with zero attached hydrogens (tertiary/aromatic N) is 2. The van der Waals surface area contributed by atoms with Crippen LogP contribution in [0.15, 0.2) is 18.2 Å². The number of esters is 1. The highest BCUT2D eigenvalue weighted by Crippen LogP contribution is 2.30. The van der Waals surface area contributed by atoms with E-state index in [4.69, 9.17) is 14.7 Å². The number of hydrogen-bond donors (Lipinski definition) is 0. The molecule has 0 aliphatic heterocycles. The van der Waals surface area contributed by atoms with Crippen LogP contribution in [-0.4, -0.2) is 30.7 Å². The topological polar surface area (TPSA) is 112 Å². The van der Waals surface area contributed by atoms with Gasteiger partial charge in [0.05, 0.1) is 12.0 Å². The molecule has 1 rings (SSSR count). The molecule has 8 nitrogen and oxygen atoms in total. The van der Waals surface area contributed by atoms with Gasteiger partial charge in [-0.05, 0) is 13.0 Å². The van der Waals surface area contributed by atoms with Crippen LogP contribution < -0.4 is 9.47 Å². The SMILES string of the molecule is COc1cc(OCC(=O)OC(C)C#N)ccc1[N+](=O)[O-]. The predicted octanol–water partition coefficient (Wildman–Crippen LogP) is 1.44. The highest BCUT2D eigenvalue weighted by Gasteiger charge is 2.16. The van der Waals surface area contributed by atoms with E-state index in [1.807, 2.05) is 0 Å². The molecule has 0 radical (unpaired) electrons. The Kier molecular flexibility index (Phi) is 5.29. The second-order valence-electron chi connectivity index (χ2n) is 3.64. The van der Waals surface area contributed by atoms with E-state index < -0.39 is 23.6 Å². The largest absolute Gasteiger partial charge is 0.490 e. The minimum absolute atomic E-state index is 0.0197. The maximum atomic E-state index is 11.3. The summed E-state index contributed by atoms with van der Waals surface area (Å²) in [5, 5.41) is 19.2. The molecular formula is C12H12N2O6. The van der Waals surface area contributed by atoms with Crippen LogP contribution in [0.2, 0.25) is 0 Å². The Balaban J connectivity index is 2.68. The van der Waals surface area contributed by atoms with E-state index in [-0.39, 0.29) is 17.2 Å². The first-order valence-electron chi connectivity index (χ1n) is 5.52. The number of nitro groups is 1. The summed E-state index contributed by atoms with van der Waals surface area (Å²) >= 11 is 0. The lowest BCUT2D eigenvalue weighted by molar-refractivity contribution is -0.385. The molecule has 0 heterocycles. The van der Waals surface area contributed by atoms with Gasteiger partial charge in [0.25, 0.3) is 0 Å². The summed E-state index contributed by atoms with van der Waals surface area (Å²) in [5.41, 5.74) is -0.208. The number of benzene rings is 1. The minimum Gasteiger partial charge on any atom is -0.490 e. The fraction of sp³-hybridized carbons (Fsp3) is 0.333. The third kappa shape index (κ3) is 4.13. The standard InChI is InChI=1S/C12H12N2O6/c1-8(6-13)20-12(15)7-19-9-3-4-10(14(16)17)11(5-9)18-2/h3-5,8H,7H2,1-2H3. The maximum absolute atomic E-state index is 11.3. The molecule has 0 bridgehead atoms. The monoisotopic (exact) mass is 280 g/mol. The third-order valence-corrected chi connectivity index (χ3v) is 2.19. The van der Waals surface area contributed by atoms with Gasteiger partial charge in [-0.3, -0.25) is 10.1 Å². The van der Waals surface area contributed by atoms with Crippen LogP contribution in [0.5, 0.6) is 11.5 Å². The molecule has 20 heavy (non-hydrogen) atoms. The van der Waals surface area contributed by atoms with Gasteiger partial charge in [0.1, 0.15) is 11.8 Å². The second kappa shape index (κ2) is 6.94. The van der Waals surface area contributed by atoms with Crippen LogP contribution >= 0.6 is 0 Å². The molecule has 0 aliphatic carbocycles.